The monoisotopic (exact) mass is 406 g/mol. The molecule has 0 unspecified atom stereocenters. The van der Waals surface area contributed by atoms with Gasteiger partial charge in [-0.3, -0.25) is 4.79 Å². The van der Waals surface area contributed by atoms with Crippen molar-refractivity contribution in [1.82, 2.24) is 24.6 Å². The van der Waals surface area contributed by atoms with Crippen LogP contribution >= 0.6 is 0 Å². The average molecular weight is 406 g/mol. The molecule has 0 spiro atoms. The van der Waals surface area contributed by atoms with E-state index >= 15 is 0 Å². The number of rotatable bonds is 5. The fourth-order valence-corrected chi connectivity index (χ4v) is 3.65. The fraction of sp³-hybridized carbons (Fsp3) is 0.364. The lowest BCUT2D eigenvalue weighted by Gasteiger charge is -2.36. The first-order chi connectivity index (χ1) is 14.5. The zero-order valence-corrected chi connectivity index (χ0v) is 17.5. The van der Waals surface area contributed by atoms with Crippen LogP contribution < -0.4 is 9.64 Å². The van der Waals surface area contributed by atoms with E-state index in [2.05, 4.69) is 20.0 Å². The van der Waals surface area contributed by atoms with E-state index in [0.29, 0.717) is 31.9 Å². The van der Waals surface area contributed by atoms with Crippen LogP contribution in [0.1, 0.15) is 18.3 Å². The molecule has 3 heterocycles. The summed E-state index contributed by atoms with van der Waals surface area (Å²) in [4.78, 5) is 25.6. The highest BCUT2D eigenvalue weighted by atomic mass is 16.5. The van der Waals surface area contributed by atoms with Crippen LogP contribution in [0.3, 0.4) is 0 Å². The SMILES string of the molecule is Cc1cc(C)n(-c2cc(N3CCN(C(=O)[C@H](C)Oc4ccccc4)CC3)ncn2)n1. The summed E-state index contributed by atoms with van der Waals surface area (Å²) in [5.74, 6) is 2.29. The highest BCUT2D eigenvalue weighted by Gasteiger charge is 2.26. The van der Waals surface area contributed by atoms with Crippen molar-refractivity contribution < 1.29 is 9.53 Å². The van der Waals surface area contributed by atoms with Crippen LogP contribution in [0.15, 0.2) is 48.8 Å². The van der Waals surface area contributed by atoms with E-state index in [0.717, 1.165) is 23.0 Å². The second-order valence-electron chi connectivity index (χ2n) is 7.46. The smallest absolute Gasteiger partial charge is 0.263 e. The van der Waals surface area contributed by atoms with Gasteiger partial charge < -0.3 is 14.5 Å². The van der Waals surface area contributed by atoms with Crippen LogP contribution in [0.2, 0.25) is 0 Å². The number of ether oxygens (including phenoxy) is 1. The van der Waals surface area contributed by atoms with Crippen molar-refractivity contribution in [3.8, 4) is 11.6 Å². The summed E-state index contributed by atoms with van der Waals surface area (Å²) < 4.78 is 7.61. The summed E-state index contributed by atoms with van der Waals surface area (Å²) in [5.41, 5.74) is 1.98. The molecule has 1 aliphatic heterocycles. The van der Waals surface area contributed by atoms with Gasteiger partial charge in [0, 0.05) is 37.9 Å². The van der Waals surface area contributed by atoms with Gasteiger partial charge in [-0.1, -0.05) is 18.2 Å². The number of hydrogen-bond acceptors (Lipinski definition) is 6. The average Bonchev–Trinajstić information content (AvgIpc) is 3.12. The molecule has 1 saturated heterocycles. The first kappa shape index (κ1) is 19.9. The zero-order chi connectivity index (χ0) is 21.1. The molecule has 2 aromatic heterocycles. The van der Waals surface area contributed by atoms with Gasteiger partial charge in [0.05, 0.1) is 5.69 Å². The van der Waals surface area contributed by atoms with E-state index in [-0.39, 0.29) is 5.91 Å². The van der Waals surface area contributed by atoms with Crippen LogP contribution in [0, 0.1) is 13.8 Å². The Morgan fingerprint density at radius 3 is 2.37 bits per heavy atom. The maximum Gasteiger partial charge on any atom is 0.263 e. The number of carbonyl (C=O) groups excluding carboxylic acids is 1. The second kappa shape index (κ2) is 8.52. The lowest BCUT2D eigenvalue weighted by atomic mass is 10.2. The molecule has 1 aromatic carbocycles. The van der Waals surface area contributed by atoms with Crippen LogP contribution in [0.5, 0.6) is 5.75 Å². The molecule has 0 saturated carbocycles. The van der Waals surface area contributed by atoms with Gasteiger partial charge in [0.25, 0.3) is 5.91 Å². The molecule has 156 valence electrons. The first-order valence-corrected chi connectivity index (χ1v) is 10.1. The normalized spacial score (nSPS) is 15.2. The van der Waals surface area contributed by atoms with Crippen molar-refractivity contribution in [3.63, 3.8) is 0 Å². The largest absolute Gasteiger partial charge is 0.481 e. The van der Waals surface area contributed by atoms with Gasteiger partial charge in [-0.2, -0.15) is 5.10 Å². The van der Waals surface area contributed by atoms with E-state index in [4.69, 9.17) is 4.74 Å². The molecule has 3 aromatic rings. The molecule has 30 heavy (non-hydrogen) atoms. The van der Waals surface area contributed by atoms with Gasteiger partial charge in [-0.05, 0) is 39.0 Å². The van der Waals surface area contributed by atoms with Crippen molar-refractivity contribution in [2.45, 2.75) is 26.9 Å². The molecule has 4 rings (SSSR count). The fourth-order valence-electron chi connectivity index (χ4n) is 3.65. The van der Waals surface area contributed by atoms with Crippen LogP contribution in [0.25, 0.3) is 5.82 Å². The number of carbonyl (C=O) groups is 1. The molecule has 8 heteroatoms. The summed E-state index contributed by atoms with van der Waals surface area (Å²) in [6, 6.07) is 13.4. The Morgan fingerprint density at radius 1 is 1.00 bits per heavy atom. The van der Waals surface area contributed by atoms with Crippen LogP contribution in [-0.4, -0.2) is 62.8 Å². The minimum absolute atomic E-state index is 0.00419. The molecule has 1 atom stereocenters. The number of anilines is 1. The molecule has 8 nitrogen and oxygen atoms in total. The number of hydrogen-bond donors (Lipinski definition) is 0. The highest BCUT2D eigenvalue weighted by molar-refractivity contribution is 5.81. The Labute approximate surface area is 176 Å². The van der Waals surface area contributed by atoms with Crippen LogP contribution in [-0.2, 0) is 4.79 Å². The standard InChI is InChI=1S/C22H26N6O2/c1-16-13-17(2)28(25-16)21-14-20(23-15-24-21)26-9-11-27(12-10-26)22(29)18(3)30-19-7-5-4-6-8-19/h4-8,13-15,18H,9-12H2,1-3H3/t18-/m0/s1. The maximum atomic E-state index is 12.8. The van der Waals surface area contributed by atoms with Gasteiger partial charge in [0.1, 0.15) is 17.9 Å². The third kappa shape index (κ3) is 4.27. The van der Waals surface area contributed by atoms with E-state index in [1.165, 1.54) is 0 Å². The van der Waals surface area contributed by atoms with E-state index in [1.54, 1.807) is 13.3 Å². The van der Waals surface area contributed by atoms with Gasteiger partial charge in [0.2, 0.25) is 0 Å². The third-order valence-corrected chi connectivity index (χ3v) is 5.18. The lowest BCUT2D eigenvalue weighted by molar-refractivity contribution is -0.138. The Balaban J connectivity index is 1.38. The number of para-hydroxylation sites is 1. The Kier molecular flexibility index (Phi) is 5.65. The first-order valence-electron chi connectivity index (χ1n) is 10.1. The number of amides is 1. The molecule has 0 N–H and O–H groups in total. The summed E-state index contributed by atoms with van der Waals surface area (Å²) in [7, 11) is 0. The number of benzene rings is 1. The van der Waals surface area contributed by atoms with Crippen molar-refractivity contribution >= 4 is 11.7 Å². The summed E-state index contributed by atoms with van der Waals surface area (Å²) in [6.45, 7) is 8.43. The molecule has 1 fully saturated rings. The predicted octanol–water partition coefficient (Wildman–Crippen LogP) is 2.40. The zero-order valence-electron chi connectivity index (χ0n) is 17.5. The van der Waals surface area contributed by atoms with Crippen molar-refractivity contribution in [1.29, 1.82) is 0 Å². The van der Waals surface area contributed by atoms with Gasteiger partial charge in [0.15, 0.2) is 11.9 Å². The maximum absolute atomic E-state index is 12.8. The molecule has 0 radical (unpaired) electrons. The topological polar surface area (TPSA) is 76.4 Å². The van der Waals surface area contributed by atoms with Crippen molar-refractivity contribution in [2.24, 2.45) is 0 Å². The van der Waals surface area contributed by atoms with Gasteiger partial charge in [-0.25, -0.2) is 14.6 Å². The molecular formula is C22H26N6O2. The number of piperazine rings is 1. The highest BCUT2D eigenvalue weighted by Crippen LogP contribution is 2.18. The number of nitrogens with zero attached hydrogens (tertiary/aromatic N) is 6. The van der Waals surface area contributed by atoms with Crippen LogP contribution in [0.4, 0.5) is 5.82 Å². The van der Waals surface area contributed by atoms with Gasteiger partial charge >= 0.3 is 0 Å². The van der Waals surface area contributed by atoms with E-state index in [9.17, 15) is 4.79 Å². The summed E-state index contributed by atoms with van der Waals surface area (Å²) >= 11 is 0. The Bertz CT molecular complexity index is 1010. The number of aryl methyl sites for hydroxylation is 2. The lowest BCUT2D eigenvalue weighted by Crippen LogP contribution is -2.52. The summed E-state index contributed by atoms with van der Waals surface area (Å²) in [5, 5.41) is 4.50. The summed E-state index contributed by atoms with van der Waals surface area (Å²) in [6.07, 6.45) is 1.05. The third-order valence-electron chi connectivity index (χ3n) is 5.18. The molecule has 1 amide bonds. The van der Waals surface area contributed by atoms with Crippen molar-refractivity contribution in [2.75, 3.05) is 31.1 Å². The Morgan fingerprint density at radius 2 is 1.70 bits per heavy atom. The van der Waals surface area contributed by atoms with Crippen molar-refractivity contribution in [3.05, 3.63) is 60.2 Å². The second-order valence-corrected chi connectivity index (χ2v) is 7.46. The van der Waals surface area contributed by atoms with E-state index in [1.807, 2.05) is 65.9 Å². The minimum atomic E-state index is -0.518. The molecule has 0 bridgehead atoms. The molecule has 1 aliphatic rings. The number of aromatic nitrogens is 4. The quantitative estimate of drug-likeness (QED) is 0.648. The Hall–Kier alpha value is -3.42. The van der Waals surface area contributed by atoms with Gasteiger partial charge in [-0.15, -0.1) is 0 Å². The molecular weight excluding hydrogens is 380 g/mol. The van der Waals surface area contributed by atoms with E-state index < -0.39 is 6.10 Å². The minimum Gasteiger partial charge on any atom is -0.481 e. The molecule has 0 aliphatic carbocycles. The predicted molar refractivity (Wildman–Crippen MR) is 114 cm³/mol.